The number of rotatable bonds is 2. The van der Waals surface area contributed by atoms with Gasteiger partial charge in [-0.2, -0.15) is 0 Å². The average Bonchev–Trinajstić information content (AvgIpc) is 2.07. The molecule has 0 amide bonds. The highest BCUT2D eigenvalue weighted by Crippen LogP contribution is 2.32. The maximum absolute atomic E-state index is 8.73. The minimum absolute atomic E-state index is 0.149. The molecule has 0 aromatic heterocycles. The summed E-state index contributed by atoms with van der Waals surface area (Å²) in [6.45, 7) is 6.44. The molecule has 0 saturated carbocycles. The van der Waals surface area contributed by atoms with Gasteiger partial charge in [0, 0.05) is 13.0 Å². The van der Waals surface area contributed by atoms with Gasteiger partial charge >= 0.3 is 0 Å². The summed E-state index contributed by atoms with van der Waals surface area (Å²) in [5.41, 5.74) is -0.293. The summed E-state index contributed by atoms with van der Waals surface area (Å²) in [6.07, 6.45) is 0.635. The Bertz CT molecular complexity index is 144. The molecule has 3 nitrogen and oxygen atoms in total. The van der Waals surface area contributed by atoms with Crippen LogP contribution in [0.3, 0.4) is 0 Å². The number of hydrogen-bond donors (Lipinski definition) is 1. The van der Waals surface area contributed by atoms with E-state index in [4.69, 9.17) is 14.6 Å². The zero-order valence-electron chi connectivity index (χ0n) is 7.39. The van der Waals surface area contributed by atoms with E-state index in [2.05, 4.69) is 0 Å². The molecule has 1 rings (SSSR count). The molecule has 1 aliphatic rings. The fraction of sp³-hybridized carbons (Fsp3) is 1.00. The van der Waals surface area contributed by atoms with Crippen molar-refractivity contribution >= 4 is 0 Å². The predicted octanol–water partition coefficient (Wildman–Crippen LogP) is 0.910. The van der Waals surface area contributed by atoms with Crippen LogP contribution in [0, 0.1) is 0 Å². The molecule has 1 N–H and O–H groups in total. The van der Waals surface area contributed by atoms with Gasteiger partial charge in [-0.15, -0.1) is 0 Å². The van der Waals surface area contributed by atoms with E-state index >= 15 is 0 Å². The summed E-state index contributed by atoms with van der Waals surface area (Å²) < 4.78 is 11.0. The van der Waals surface area contributed by atoms with Gasteiger partial charge in [0.05, 0.1) is 12.2 Å². The van der Waals surface area contributed by atoms with Gasteiger partial charge in [-0.05, 0) is 20.8 Å². The highest BCUT2D eigenvalue weighted by Gasteiger charge is 2.41. The third kappa shape index (κ3) is 2.15. The summed E-state index contributed by atoms with van der Waals surface area (Å²) in [6, 6.07) is 0. The highest BCUT2D eigenvalue weighted by molar-refractivity contribution is 4.82. The van der Waals surface area contributed by atoms with Crippen LogP contribution in [0.1, 0.15) is 27.2 Å². The van der Waals surface area contributed by atoms with Crippen molar-refractivity contribution in [3.05, 3.63) is 0 Å². The Balaban J connectivity index is 2.51. The molecular weight excluding hydrogens is 144 g/mol. The fourth-order valence-electron chi connectivity index (χ4n) is 1.34. The summed E-state index contributed by atoms with van der Waals surface area (Å²) in [4.78, 5) is 0. The van der Waals surface area contributed by atoms with Gasteiger partial charge in [0.15, 0.2) is 5.79 Å². The van der Waals surface area contributed by atoms with Crippen molar-refractivity contribution in [2.45, 2.75) is 38.6 Å². The number of hydrogen-bond acceptors (Lipinski definition) is 3. The molecule has 0 radical (unpaired) electrons. The molecule has 0 aliphatic carbocycles. The first-order valence-corrected chi connectivity index (χ1v) is 3.92. The molecule has 0 bridgehead atoms. The Morgan fingerprint density at radius 2 is 2.00 bits per heavy atom. The smallest absolute Gasteiger partial charge is 0.163 e. The summed E-state index contributed by atoms with van der Waals surface area (Å²) in [7, 11) is 0. The first kappa shape index (κ1) is 8.97. The van der Waals surface area contributed by atoms with Gasteiger partial charge in [-0.1, -0.05) is 0 Å². The highest BCUT2D eigenvalue weighted by atomic mass is 16.8. The lowest BCUT2D eigenvalue weighted by atomic mass is 10.1. The van der Waals surface area contributed by atoms with Crippen LogP contribution in [0.2, 0.25) is 0 Å². The van der Waals surface area contributed by atoms with Gasteiger partial charge in [-0.3, -0.25) is 0 Å². The topological polar surface area (TPSA) is 38.7 Å². The molecule has 1 saturated heterocycles. The lowest BCUT2D eigenvalue weighted by molar-refractivity contribution is -0.159. The van der Waals surface area contributed by atoms with Crippen LogP contribution in [0.4, 0.5) is 0 Å². The zero-order valence-corrected chi connectivity index (χ0v) is 7.39. The van der Waals surface area contributed by atoms with Crippen LogP contribution in [0.25, 0.3) is 0 Å². The van der Waals surface area contributed by atoms with Crippen LogP contribution >= 0.6 is 0 Å². The summed E-state index contributed by atoms with van der Waals surface area (Å²) >= 11 is 0. The van der Waals surface area contributed by atoms with Crippen LogP contribution in [0.5, 0.6) is 0 Å². The normalized spacial score (nSPS) is 36.0. The second kappa shape index (κ2) is 2.73. The van der Waals surface area contributed by atoms with E-state index in [-0.39, 0.29) is 12.2 Å². The van der Waals surface area contributed by atoms with Gasteiger partial charge in [-0.25, -0.2) is 0 Å². The van der Waals surface area contributed by atoms with Gasteiger partial charge in [0.25, 0.3) is 0 Å². The van der Waals surface area contributed by atoms with Crippen molar-refractivity contribution in [1.82, 2.24) is 0 Å². The molecule has 11 heavy (non-hydrogen) atoms. The van der Waals surface area contributed by atoms with Crippen molar-refractivity contribution in [2.75, 3.05) is 13.2 Å². The first-order valence-electron chi connectivity index (χ1n) is 3.92. The van der Waals surface area contributed by atoms with E-state index in [1.165, 1.54) is 0 Å². The monoisotopic (exact) mass is 160 g/mol. The first-order chi connectivity index (χ1) is 4.97. The third-order valence-electron chi connectivity index (χ3n) is 1.86. The third-order valence-corrected chi connectivity index (χ3v) is 1.86. The molecule has 1 atom stereocenters. The molecule has 1 fully saturated rings. The Labute approximate surface area is 67.3 Å². The lowest BCUT2D eigenvalue weighted by Gasteiger charge is -2.23. The molecule has 3 heteroatoms. The van der Waals surface area contributed by atoms with Crippen LogP contribution in [-0.4, -0.2) is 29.7 Å². The number of aliphatic hydroxyl groups excluding tert-OH is 1. The van der Waals surface area contributed by atoms with E-state index < -0.39 is 5.79 Å². The second-order valence-electron chi connectivity index (χ2n) is 3.71. The van der Waals surface area contributed by atoms with Crippen molar-refractivity contribution < 1.29 is 14.6 Å². The predicted molar refractivity (Wildman–Crippen MR) is 41.2 cm³/mol. The van der Waals surface area contributed by atoms with Gasteiger partial charge in [0.2, 0.25) is 0 Å². The van der Waals surface area contributed by atoms with E-state index in [0.29, 0.717) is 13.0 Å². The zero-order chi connectivity index (χ0) is 8.54. The van der Waals surface area contributed by atoms with E-state index in [1.54, 1.807) is 0 Å². The molecule has 1 aliphatic heterocycles. The van der Waals surface area contributed by atoms with Crippen molar-refractivity contribution in [3.63, 3.8) is 0 Å². The minimum Gasteiger partial charge on any atom is -0.396 e. The molecule has 1 heterocycles. The van der Waals surface area contributed by atoms with Crippen LogP contribution in [0.15, 0.2) is 0 Å². The van der Waals surface area contributed by atoms with Gasteiger partial charge in [0.1, 0.15) is 0 Å². The molecule has 0 aromatic carbocycles. The minimum atomic E-state index is -0.482. The number of ether oxygens (including phenoxy) is 2. The average molecular weight is 160 g/mol. The summed E-state index contributed by atoms with van der Waals surface area (Å²) in [5, 5.41) is 8.73. The Morgan fingerprint density at radius 1 is 1.36 bits per heavy atom. The second-order valence-corrected chi connectivity index (χ2v) is 3.71. The molecule has 66 valence electrons. The van der Waals surface area contributed by atoms with Crippen molar-refractivity contribution in [1.29, 1.82) is 0 Å². The maximum atomic E-state index is 8.73. The van der Waals surface area contributed by atoms with Gasteiger partial charge < -0.3 is 14.6 Å². The van der Waals surface area contributed by atoms with Crippen molar-refractivity contribution in [3.8, 4) is 0 Å². The SMILES string of the molecule is CC1(C)OC[C@@](C)(CCO)O1. The quantitative estimate of drug-likeness (QED) is 0.652. The van der Waals surface area contributed by atoms with E-state index in [1.807, 2.05) is 20.8 Å². The standard InChI is InChI=1S/C8H16O3/c1-7(2)10-6-8(3,11-7)4-5-9/h9H,4-6H2,1-3H3/t8-/m1/s1. The van der Waals surface area contributed by atoms with E-state index in [0.717, 1.165) is 0 Å². The van der Waals surface area contributed by atoms with E-state index in [9.17, 15) is 0 Å². The number of aliphatic hydroxyl groups is 1. The van der Waals surface area contributed by atoms with Crippen molar-refractivity contribution in [2.24, 2.45) is 0 Å². The van der Waals surface area contributed by atoms with Crippen LogP contribution < -0.4 is 0 Å². The van der Waals surface area contributed by atoms with Crippen LogP contribution in [-0.2, 0) is 9.47 Å². The Hall–Kier alpha value is -0.120. The Kier molecular flexibility index (Phi) is 2.23. The largest absolute Gasteiger partial charge is 0.396 e. The molecular formula is C8H16O3. The fourth-order valence-corrected chi connectivity index (χ4v) is 1.34. The molecule has 0 aromatic rings. The maximum Gasteiger partial charge on any atom is 0.163 e. The Morgan fingerprint density at radius 3 is 2.36 bits per heavy atom. The molecule has 0 spiro atoms. The lowest BCUT2D eigenvalue weighted by Crippen LogP contribution is -2.31. The molecule has 0 unspecified atom stereocenters. The summed E-state index contributed by atoms with van der Waals surface area (Å²) in [5.74, 6) is -0.482.